The highest BCUT2D eigenvalue weighted by molar-refractivity contribution is 7.22. The van der Waals surface area contributed by atoms with Gasteiger partial charge in [-0.15, -0.1) is 0 Å². The maximum absolute atomic E-state index is 11.8. The Kier molecular flexibility index (Phi) is 2.68. The summed E-state index contributed by atoms with van der Waals surface area (Å²) in [7, 11) is 0. The number of hydrogen-bond acceptors (Lipinski definition) is 3. The van der Waals surface area contributed by atoms with E-state index in [1.807, 2.05) is 45.0 Å². The van der Waals surface area contributed by atoms with E-state index < -0.39 is 5.41 Å². The third-order valence-electron chi connectivity index (χ3n) is 2.20. The van der Waals surface area contributed by atoms with E-state index in [0.29, 0.717) is 5.13 Å². The van der Waals surface area contributed by atoms with Crippen LogP contribution in [0.2, 0.25) is 0 Å². The summed E-state index contributed by atoms with van der Waals surface area (Å²) in [5.41, 5.74) is 0.536. The average molecular weight is 234 g/mol. The number of nitrogens with one attached hydrogen (secondary N) is 1. The van der Waals surface area contributed by atoms with Crippen molar-refractivity contribution in [1.29, 1.82) is 0 Å². The van der Waals surface area contributed by atoms with E-state index in [-0.39, 0.29) is 5.91 Å². The molecule has 1 aromatic carbocycles. The highest BCUT2D eigenvalue weighted by Gasteiger charge is 2.22. The fourth-order valence-electron chi connectivity index (χ4n) is 1.21. The first-order chi connectivity index (χ1) is 7.47. The zero-order valence-electron chi connectivity index (χ0n) is 9.57. The fraction of sp³-hybridized carbons (Fsp3) is 0.333. The van der Waals surface area contributed by atoms with Crippen LogP contribution in [0.3, 0.4) is 0 Å². The topological polar surface area (TPSA) is 42.0 Å². The number of carbonyl (C=O) groups excluding carboxylic acids is 1. The molecule has 0 spiro atoms. The number of hydrogen-bond donors (Lipinski definition) is 1. The lowest BCUT2D eigenvalue weighted by molar-refractivity contribution is -0.123. The molecule has 0 fully saturated rings. The Bertz CT molecular complexity index is 492. The van der Waals surface area contributed by atoms with Gasteiger partial charge in [-0.2, -0.15) is 0 Å². The molecule has 0 aliphatic heterocycles. The number of benzene rings is 1. The summed E-state index contributed by atoms with van der Waals surface area (Å²) in [4.78, 5) is 16.1. The summed E-state index contributed by atoms with van der Waals surface area (Å²) in [5, 5.41) is 3.51. The zero-order chi connectivity index (χ0) is 11.8. The smallest absolute Gasteiger partial charge is 0.231 e. The van der Waals surface area contributed by atoms with Gasteiger partial charge in [0.05, 0.1) is 10.2 Å². The molecule has 0 aliphatic rings. The molecule has 0 atom stereocenters. The van der Waals surface area contributed by atoms with Gasteiger partial charge >= 0.3 is 0 Å². The number of rotatable bonds is 1. The monoisotopic (exact) mass is 234 g/mol. The van der Waals surface area contributed by atoms with E-state index in [1.54, 1.807) is 0 Å². The second-order valence-corrected chi connectivity index (χ2v) is 5.72. The van der Waals surface area contributed by atoms with Crippen molar-refractivity contribution in [3.05, 3.63) is 24.3 Å². The standard InChI is InChI=1S/C12H14N2OS/c1-12(2,3)10(15)14-11-13-8-6-4-5-7-9(8)16-11/h4-7H,1-3H3,(H,13,14,15). The Morgan fingerprint density at radius 2 is 2.00 bits per heavy atom. The van der Waals surface area contributed by atoms with Crippen LogP contribution < -0.4 is 5.32 Å². The molecule has 0 unspecified atom stereocenters. The van der Waals surface area contributed by atoms with Gasteiger partial charge in [0.2, 0.25) is 5.91 Å². The Morgan fingerprint density at radius 1 is 1.31 bits per heavy atom. The Hall–Kier alpha value is -1.42. The molecule has 4 heteroatoms. The fourth-order valence-corrected chi connectivity index (χ4v) is 2.07. The second kappa shape index (κ2) is 3.87. The number of amides is 1. The highest BCUT2D eigenvalue weighted by Crippen LogP contribution is 2.26. The Balaban J connectivity index is 2.25. The second-order valence-electron chi connectivity index (χ2n) is 4.69. The van der Waals surface area contributed by atoms with Gasteiger partial charge in [-0.25, -0.2) is 4.98 Å². The molecule has 84 valence electrons. The first-order valence-corrected chi connectivity index (χ1v) is 5.95. The van der Waals surface area contributed by atoms with Crippen LogP contribution in [0.25, 0.3) is 10.2 Å². The number of nitrogens with zero attached hydrogens (tertiary/aromatic N) is 1. The van der Waals surface area contributed by atoms with Gasteiger partial charge in [-0.05, 0) is 12.1 Å². The Morgan fingerprint density at radius 3 is 2.62 bits per heavy atom. The minimum Gasteiger partial charge on any atom is -0.301 e. The lowest BCUT2D eigenvalue weighted by Gasteiger charge is -2.15. The van der Waals surface area contributed by atoms with Crippen LogP contribution in [0.4, 0.5) is 5.13 Å². The van der Waals surface area contributed by atoms with Crippen LogP contribution >= 0.6 is 11.3 Å². The molecular formula is C12H14N2OS. The lowest BCUT2D eigenvalue weighted by Crippen LogP contribution is -2.27. The van der Waals surface area contributed by atoms with E-state index in [0.717, 1.165) is 10.2 Å². The summed E-state index contributed by atoms with van der Waals surface area (Å²) >= 11 is 1.50. The van der Waals surface area contributed by atoms with E-state index in [9.17, 15) is 4.79 Å². The molecule has 1 aromatic heterocycles. The first-order valence-electron chi connectivity index (χ1n) is 5.14. The predicted octanol–water partition coefficient (Wildman–Crippen LogP) is 3.28. The predicted molar refractivity (Wildman–Crippen MR) is 67.7 cm³/mol. The molecule has 3 nitrogen and oxygen atoms in total. The summed E-state index contributed by atoms with van der Waals surface area (Å²) in [6.45, 7) is 5.65. The first kappa shape index (κ1) is 11.1. The van der Waals surface area contributed by atoms with Crippen molar-refractivity contribution >= 4 is 32.6 Å². The van der Waals surface area contributed by atoms with Gasteiger partial charge in [-0.1, -0.05) is 44.2 Å². The molecule has 2 rings (SSSR count). The molecular weight excluding hydrogens is 220 g/mol. The summed E-state index contributed by atoms with van der Waals surface area (Å²) in [6.07, 6.45) is 0. The molecule has 16 heavy (non-hydrogen) atoms. The summed E-state index contributed by atoms with van der Waals surface area (Å²) in [6, 6.07) is 7.85. The minimum absolute atomic E-state index is 0.00782. The number of aromatic nitrogens is 1. The number of thiazole rings is 1. The van der Waals surface area contributed by atoms with Crippen molar-refractivity contribution in [3.63, 3.8) is 0 Å². The van der Waals surface area contributed by atoms with Gasteiger partial charge in [0.1, 0.15) is 0 Å². The van der Waals surface area contributed by atoms with E-state index >= 15 is 0 Å². The molecule has 1 N–H and O–H groups in total. The quantitative estimate of drug-likeness (QED) is 0.822. The normalized spacial score (nSPS) is 11.7. The van der Waals surface area contributed by atoms with Gasteiger partial charge < -0.3 is 5.32 Å². The van der Waals surface area contributed by atoms with Crippen LogP contribution in [-0.4, -0.2) is 10.9 Å². The van der Waals surface area contributed by atoms with Crippen molar-refractivity contribution in [2.45, 2.75) is 20.8 Å². The van der Waals surface area contributed by atoms with E-state index in [4.69, 9.17) is 0 Å². The van der Waals surface area contributed by atoms with Crippen LogP contribution in [0, 0.1) is 5.41 Å². The molecule has 1 heterocycles. The minimum atomic E-state index is -0.391. The highest BCUT2D eigenvalue weighted by atomic mass is 32.1. The van der Waals surface area contributed by atoms with E-state index in [1.165, 1.54) is 11.3 Å². The molecule has 1 amide bonds. The van der Waals surface area contributed by atoms with Crippen molar-refractivity contribution in [2.24, 2.45) is 5.41 Å². The van der Waals surface area contributed by atoms with Gasteiger partial charge in [0, 0.05) is 5.41 Å². The van der Waals surface area contributed by atoms with Crippen LogP contribution in [0.1, 0.15) is 20.8 Å². The summed E-state index contributed by atoms with van der Waals surface area (Å²) in [5.74, 6) is -0.00782. The van der Waals surface area contributed by atoms with Crippen LogP contribution in [0.15, 0.2) is 24.3 Å². The SMILES string of the molecule is CC(C)(C)C(=O)Nc1nc2ccccc2s1. The van der Waals surface area contributed by atoms with Gasteiger partial charge in [0.25, 0.3) is 0 Å². The number of carbonyl (C=O) groups is 1. The summed E-state index contributed by atoms with van der Waals surface area (Å²) < 4.78 is 1.09. The zero-order valence-corrected chi connectivity index (χ0v) is 10.4. The average Bonchev–Trinajstić information content (AvgIpc) is 2.58. The number of fused-ring (bicyclic) bond motifs is 1. The van der Waals surface area contributed by atoms with Crippen LogP contribution in [-0.2, 0) is 4.79 Å². The van der Waals surface area contributed by atoms with Crippen molar-refractivity contribution in [2.75, 3.05) is 5.32 Å². The molecule has 0 saturated carbocycles. The van der Waals surface area contributed by atoms with Crippen LogP contribution in [0.5, 0.6) is 0 Å². The lowest BCUT2D eigenvalue weighted by atomic mass is 9.96. The van der Waals surface area contributed by atoms with Crippen molar-refractivity contribution in [1.82, 2.24) is 4.98 Å². The molecule has 0 saturated heterocycles. The Labute approximate surface area is 98.5 Å². The number of para-hydroxylation sites is 1. The molecule has 0 bridgehead atoms. The largest absolute Gasteiger partial charge is 0.301 e. The van der Waals surface area contributed by atoms with Gasteiger partial charge in [0.15, 0.2) is 5.13 Å². The third kappa shape index (κ3) is 2.22. The van der Waals surface area contributed by atoms with Crippen molar-refractivity contribution < 1.29 is 4.79 Å². The third-order valence-corrected chi connectivity index (χ3v) is 3.15. The molecule has 2 aromatic rings. The van der Waals surface area contributed by atoms with Crippen molar-refractivity contribution in [3.8, 4) is 0 Å². The maximum Gasteiger partial charge on any atom is 0.231 e. The maximum atomic E-state index is 11.8. The van der Waals surface area contributed by atoms with Gasteiger partial charge in [-0.3, -0.25) is 4.79 Å². The molecule has 0 aliphatic carbocycles. The molecule has 0 radical (unpaired) electrons. The number of anilines is 1. The van der Waals surface area contributed by atoms with E-state index in [2.05, 4.69) is 10.3 Å².